The molecule has 0 aliphatic carbocycles. The van der Waals surface area contributed by atoms with Crippen LogP contribution in [-0.2, 0) is 4.79 Å². The molecule has 0 heterocycles. The largest absolute Gasteiger partial charge is 0.405 e. The Balaban J connectivity index is -0.000000176. The second kappa shape index (κ2) is 27.1. The van der Waals surface area contributed by atoms with E-state index >= 15 is 0 Å². The fraction of sp³-hybridized carbons (Fsp3) is 0.706. The summed E-state index contributed by atoms with van der Waals surface area (Å²) in [5.41, 5.74) is 5.75. The van der Waals surface area contributed by atoms with Gasteiger partial charge >= 0.3 is 0 Å². The molecule has 4 heteroatoms. The number of hydrogen-bond acceptors (Lipinski definition) is 4. The number of likely N-dealkylation sites (N-methyl/N-ethyl adjacent to an activating group) is 1. The highest BCUT2D eigenvalue weighted by Crippen LogP contribution is 1.98. The normalized spacial score (nSPS) is 9.67. The molecule has 21 heavy (non-hydrogen) atoms. The fourth-order valence-corrected chi connectivity index (χ4v) is 1.33. The Labute approximate surface area is 133 Å². The topological polar surface area (TPSA) is 58.4 Å². The van der Waals surface area contributed by atoms with Gasteiger partial charge in [0.1, 0.15) is 6.79 Å². The molecule has 4 nitrogen and oxygen atoms in total. The number of rotatable bonds is 8. The summed E-state index contributed by atoms with van der Waals surface area (Å²) in [7, 11) is 2.15. The Morgan fingerprint density at radius 2 is 1.76 bits per heavy atom. The third kappa shape index (κ3) is 32.3. The van der Waals surface area contributed by atoms with E-state index in [1.165, 1.54) is 19.0 Å². The number of hydrogen-bond donors (Lipinski definition) is 2. The molecule has 0 saturated heterocycles. The van der Waals surface area contributed by atoms with E-state index in [2.05, 4.69) is 56.9 Å². The molecule has 0 rings (SSSR count). The van der Waals surface area contributed by atoms with E-state index in [4.69, 9.17) is 4.79 Å². The van der Waals surface area contributed by atoms with E-state index in [1.54, 1.807) is 0 Å². The summed E-state index contributed by atoms with van der Waals surface area (Å²) in [5.74, 6) is 0. The summed E-state index contributed by atoms with van der Waals surface area (Å²) in [4.78, 5) is 10.3. The van der Waals surface area contributed by atoms with Gasteiger partial charge in [-0.1, -0.05) is 47.3 Å². The van der Waals surface area contributed by atoms with Gasteiger partial charge in [0, 0.05) is 18.3 Å². The molecule has 1 unspecified atom stereocenters. The lowest BCUT2D eigenvalue weighted by Gasteiger charge is -2.21. The quantitative estimate of drug-likeness (QED) is 0.720. The number of nitrogens with two attached hydrogens (primary N) is 1. The summed E-state index contributed by atoms with van der Waals surface area (Å²) in [6.07, 6.45) is 4.93. The highest BCUT2D eigenvalue weighted by Gasteiger charge is 2.02. The molecule has 0 aliphatic rings. The summed E-state index contributed by atoms with van der Waals surface area (Å²) in [5, 5.41) is 3.40. The number of nitrogens with zero attached hydrogens (tertiary/aromatic N) is 1. The summed E-state index contributed by atoms with van der Waals surface area (Å²) < 4.78 is 0. The van der Waals surface area contributed by atoms with Crippen molar-refractivity contribution < 1.29 is 4.79 Å². The van der Waals surface area contributed by atoms with Gasteiger partial charge in [0.05, 0.1) is 0 Å². The van der Waals surface area contributed by atoms with Crippen molar-refractivity contribution in [2.45, 2.75) is 59.9 Å². The van der Waals surface area contributed by atoms with Crippen LogP contribution in [0.1, 0.15) is 53.9 Å². The fourth-order valence-electron chi connectivity index (χ4n) is 1.33. The summed E-state index contributed by atoms with van der Waals surface area (Å²) in [6, 6.07) is 0.544. The Hall–Kier alpha value is -1.29. The maximum atomic E-state index is 8.00. The predicted molar refractivity (Wildman–Crippen MR) is 97.3 cm³/mol. The molecule has 0 aromatic heterocycles. The van der Waals surface area contributed by atoms with Crippen molar-refractivity contribution in [3.05, 3.63) is 25.1 Å². The smallest absolute Gasteiger partial charge is 0.106 e. The zero-order valence-corrected chi connectivity index (χ0v) is 15.2. The first kappa shape index (κ1) is 28.0. The molecular formula is C17H39N3O. The SMILES string of the molecule is C=C(CN(C)CCCC)NC(C)CC.C=CN.C=O.CC. The Morgan fingerprint density at radius 1 is 1.33 bits per heavy atom. The van der Waals surface area contributed by atoms with Crippen molar-refractivity contribution in [2.75, 3.05) is 20.1 Å². The minimum Gasteiger partial charge on any atom is -0.405 e. The van der Waals surface area contributed by atoms with Gasteiger partial charge in [-0.25, -0.2) is 0 Å². The van der Waals surface area contributed by atoms with Crippen LogP contribution >= 0.6 is 0 Å². The van der Waals surface area contributed by atoms with Gasteiger partial charge in [-0.05, 0) is 39.6 Å². The lowest BCUT2D eigenvalue weighted by Crippen LogP contribution is -2.32. The lowest BCUT2D eigenvalue weighted by atomic mass is 10.2. The molecule has 128 valence electrons. The Bertz CT molecular complexity index is 208. The molecule has 0 radical (unpaired) electrons. The molecule has 0 aliphatic heterocycles. The van der Waals surface area contributed by atoms with Crippen molar-refractivity contribution >= 4 is 6.79 Å². The molecule has 0 spiro atoms. The first-order valence-corrected chi connectivity index (χ1v) is 7.76. The van der Waals surface area contributed by atoms with Gasteiger partial charge in [-0.2, -0.15) is 0 Å². The average molecular weight is 302 g/mol. The van der Waals surface area contributed by atoms with Crippen LogP contribution in [0, 0.1) is 0 Å². The van der Waals surface area contributed by atoms with Crippen LogP contribution < -0.4 is 11.1 Å². The van der Waals surface area contributed by atoms with E-state index in [0.717, 1.165) is 25.2 Å². The van der Waals surface area contributed by atoms with Crippen LogP contribution in [0.2, 0.25) is 0 Å². The Morgan fingerprint density at radius 3 is 2.10 bits per heavy atom. The van der Waals surface area contributed by atoms with Crippen molar-refractivity contribution in [1.82, 2.24) is 10.2 Å². The standard InChI is InChI=1S/C12H26N2.C2H5N.C2H6.CH2O/c1-6-8-9-14(5)10-12(4)13-11(3)7-2;1-2-3;2*1-2/h11,13H,4,6-10H2,1-3,5H3;2H,1,3H2;1-2H3;1H2. The monoisotopic (exact) mass is 301 g/mol. The first-order chi connectivity index (χ1) is 10.0. The van der Waals surface area contributed by atoms with Crippen LogP contribution in [-0.4, -0.2) is 37.9 Å². The third-order valence-corrected chi connectivity index (χ3v) is 2.42. The van der Waals surface area contributed by atoms with Gasteiger partial charge in [0.15, 0.2) is 0 Å². The summed E-state index contributed by atoms with van der Waals surface area (Å²) in [6.45, 7) is 21.9. The van der Waals surface area contributed by atoms with Crippen LogP contribution in [0.5, 0.6) is 0 Å². The minimum atomic E-state index is 0.544. The van der Waals surface area contributed by atoms with E-state index in [-0.39, 0.29) is 0 Å². The highest BCUT2D eigenvalue weighted by atomic mass is 16.1. The van der Waals surface area contributed by atoms with Crippen LogP contribution in [0.4, 0.5) is 0 Å². The van der Waals surface area contributed by atoms with Crippen LogP contribution in [0.3, 0.4) is 0 Å². The zero-order valence-electron chi connectivity index (χ0n) is 15.2. The highest BCUT2D eigenvalue weighted by molar-refractivity contribution is 5.11. The summed E-state index contributed by atoms with van der Waals surface area (Å²) >= 11 is 0. The van der Waals surface area contributed by atoms with Crippen molar-refractivity contribution in [2.24, 2.45) is 5.73 Å². The number of carbonyl (C=O) groups excluding carboxylic acids is 1. The van der Waals surface area contributed by atoms with Gasteiger partial charge in [-0.15, -0.1) is 0 Å². The molecule has 0 fully saturated rings. The molecule has 0 amide bonds. The van der Waals surface area contributed by atoms with Crippen molar-refractivity contribution in [3.8, 4) is 0 Å². The molecule has 0 aromatic rings. The van der Waals surface area contributed by atoms with E-state index in [1.807, 2.05) is 20.6 Å². The number of unbranched alkanes of at least 4 members (excludes halogenated alkanes) is 1. The van der Waals surface area contributed by atoms with Crippen LogP contribution in [0.15, 0.2) is 25.1 Å². The molecule has 0 bridgehead atoms. The van der Waals surface area contributed by atoms with E-state index in [0.29, 0.717) is 6.04 Å². The van der Waals surface area contributed by atoms with Gasteiger partial charge < -0.3 is 20.7 Å². The minimum absolute atomic E-state index is 0.544. The van der Waals surface area contributed by atoms with E-state index in [9.17, 15) is 0 Å². The molecule has 1 atom stereocenters. The van der Waals surface area contributed by atoms with Gasteiger partial charge in [0.2, 0.25) is 0 Å². The maximum Gasteiger partial charge on any atom is 0.106 e. The predicted octanol–water partition coefficient (Wildman–Crippen LogP) is 3.55. The van der Waals surface area contributed by atoms with E-state index < -0.39 is 0 Å². The first-order valence-electron chi connectivity index (χ1n) is 7.76. The van der Waals surface area contributed by atoms with Crippen molar-refractivity contribution in [3.63, 3.8) is 0 Å². The molecule has 0 aromatic carbocycles. The second-order valence-corrected chi connectivity index (χ2v) is 4.38. The maximum absolute atomic E-state index is 8.00. The molecular weight excluding hydrogens is 262 g/mol. The van der Waals surface area contributed by atoms with Gasteiger partial charge in [0.25, 0.3) is 0 Å². The molecule has 0 saturated carbocycles. The van der Waals surface area contributed by atoms with Crippen molar-refractivity contribution in [1.29, 1.82) is 0 Å². The average Bonchev–Trinajstić information content (AvgIpc) is 2.49. The number of nitrogens with one attached hydrogen (secondary N) is 1. The lowest BCUT2D eigenvalue weighted by molar-refractivity contribution is -0.0979. The van der Waals surface area contributed by atoms with Gasteiger partial charge in [-0.3, -0.25) is 0 Å². The Kier molecular flexibility index (Phi) is 36.1. The second-order valence-electron chi connectivity index (χ2n) is 4.38. The van der Waals surface area contributed by atoms with Crippen LogP contribution in [0.25, 0.3) is 0 Å². The third-order valence-electron chi connectivity index (χ3n) is 2.42. The molecule has 3 N–H and O–H groups in total. The zero-order chi connectivity index (χ0) is 17.7. The number of carbonyl (C=O) groups is 1.